The number of nitrogens with two attached hydrogens (primary N) is 1. The van der Waals surface area contributed by atoms with Crippen LogP contribution in [0.2, 0.25) is 0 Å². The Morgan fingerprint density at radius 2 is 1.88 bits per heavy atom. The highest BCUT2D eigenvalue weighted by molar-refractivity contribution is 9.10. The number of anilines is 2. The van der Waals surface area contributed by atoms with Crippen LogP contribution in [0.15, 0.2) is 46.9 Å². The fourth-order valence-electron chi connectivity index (χ4n) is 4.55. The molecule has 0 aliphatic heterocycles. The van der Waals surface area contributed by atoms with Gasteiger partial charge in [0.2, 0.25) is 0 Å². The maximum absolute atomic E-state index is 12.8. The van der Waals surface area contributed by atoms with Crippen LogP contribution < -0.4 is 10.6 Å². The number of aliphatic hydroxyl groups excluding tert-OH is 1. The van der Waals surface area contributed by atoms with Gasteiger partial charge in [0.1, 0.15) is 6.61 Å². The molecule has 7 heteroatoms. The molecule has 1 aliphatic rings. The van der Waals surface area contributed by atoms with Gasteiger partial charge < -0.3 is 20.5 Å². The zero-order chi connectivity index (χ0) is 23.6. The molecule has 0 unspecified atom stereocenters. The van der Waals surface area contributed by atoms with Crippen LogP contribution in [0.1, 0.15) is 54.9 Å². The molecule has 0 radical (unpaired) electrons. The third-order valence-electron chi connectivity index (χ3n) is 6.41. The number of carbonyl (C=O) groups is 1. The summed E-state index contributed by atoms with van der Waals surface area (Å²) < 4.78 is 6.31. The highest BCUT2D eigenvalue weighted by atomic mass is 79.9. The van der Waals surface area contributed by atoms with Crippen molar-refractivity contribution >= 4 is 33.3 Å². The third kappa shape index (κ3) is 7.19. The number of nitrogens with zero attached hydrogens (tertiary/aromatic N) is 2. The van der Waals surface area contributed by atoms with Crippen molar-refractivity contribution in [2.45, 2.75) is 51.6 Å². The van der Waals surface area contributed by atoms with Crippen LogP contribution in [0.25, 0.3) is 0 Å². The van der Waals surface area contributed by atoms with Crippen LogP contribution >= 0.6 is 15.9 Å². The molecule has 0 amide bonds. The van der Waals surface area contributed by atoms with E-state index < -0.39 is 0 Å². The van der Waals surface area contributed by atoms with Crippen molar-refractivity contribution in [3.05, 3.63) is 58.1 Å². The van der Waals surface area contributed by atoms with Crippen molar-refractivity contribution in [3.63, 3.8) is 0 Å². The van der Waals surface area contributed by atoms with Gasteiger partial charge in [-0.1, -0.05) is 44.4 Å². The molecule has 0 saturated heterocycles. The number of ether oxygens (including phenoxy) is 1. The number of nitrogen functional groups attached to an aromatic ring is 1. The number of para-hydroxylation sites is 1. The second-order valence-electron chi connectivity index (χ2n) is 8.57. The van der Waals surface area contributed by atoms with Crippen molar-refractivity contribution in [1.29, 1.82) is 0 Å². The van der Waals surface area contributed by atoms with Crippen molar-refractivity contribution in [2.75, 3.05) is 43.5 Å². The fraction of sp³-hybridized carbons (Fsp3) is 0.500. The molecule has 1 aliphatic carbocycles. The predicted molar refractivity (Wildman–Crippen MR) is 138 cm³/mol. The van der Waals surface area contributed by atoms with Gasteiger partial charge in [0.25, 0.3) is 0 Å². The molecule has 0 atom stereocenters. The fourth-order valence-corrected chi connectivity index (χ4v) is 5.05. The van der Waals surface area contributed by atoms with E-state index in [1.807, 2.05) is 41.3 Å². The highest BCUT2D eigenvalue weighted by Crippen LogP contribution is 2.30. The lowest BCUT2D eigenvalue weighted by Crippen LogP contribution is -2.36. The summed E-state index contributed by atoms with van der Waals surface area (Å²) in [6.07, 6.45) is 6.33. The molecule has 2 aromatic rings. The molecule has 0 aromatic heterocycles. The van der Waals surface area contributed by atoms with Gasteiger partial charge in [0.05, 0.1) is 24.4 Å². The maximum atomic E-state index is 12.8. The van der Waals surface area contributed by atoms with Crippen LogP contribution in [-0.2, 0) is 11.3 Å². The van der Waals surface area contributed by atoms with Crippen molar-refractivity contribution in [2.24, 2.45) is 0 Å². The van der Waals surface area contributed by atoms with Crippen LogP contribution in [0, 0.1) is 0 Å². The Morgan fingerprint density at radius 1 is 1.15 bits per heavy atom. The van der Waals surface area contributed by atoms with Crippen molar-refractivity contribution in [3.8, 4) is 0 Å². The smallest absolute Gasteiger partial charge is 0.338 e. The lowest BCUT2D eigenvalue weighted by molar-refractivity contribution is 0.0514. The van der Waals surface area contributed by atoms with E-state index in [1.54, 1.807) is 6.07 Å². The molecular weight excluding hydrogens is 482 g/mol. The first-order chi connectivity index (χ1) is 16.0. The number of carbonyl (C=O) groups excluding carboxylic acids is 1. The standard InChI is InChI=1S/C26H36BrN3O3/c1-2-29(22-9-5-3-6-10-22)19-21-17-20(18-24(27)25(21)28)26(32)33-16-14-30(13-15-31)23-11-7-4-8-12-23/h4,7-8,11-12,17-18,22,31H,2-3,5-6,9-10,13-16,19,28H2,1H3. The first-order valence-corrected chi connectivity index (χ1v) is 12.7. The Bertz CT molecular complexity index is 888. The Kier molecular flexibility index (Phi) is 10.0. The zero-order valence-corrected chi connectivity index (χ0v) is 21.1. The molecular formula is C26H36BrN3O3. The normalized spacial score (nSPS) is 14.4. The summed E-state index contributed by atoms with van der Waals surface area (Å²) in [6.45, 7) is 5.11. The average Bonchev–Trinajstić information content (AvgIpc) is 2.85. The van der Waals surface area contributed by atoms with Crippen molar-refractivity contribution in [1.82, 2.24) is 4.90 Å². The Morgan fingerprint density at radius 3 is 2.55 bits per heavy atom. The molecule has 1 saturated carbocycles. The lowest BCUT2D eigenvalue weighted by atomic mass is 9.93. The molecule has 0 spiro atoms. The monoisotopic (exact) mass is 517 g/mol. The van der Waals surface area contributed by atoms with Crippen LogP contribution in [-0.4, -0.2) is 54.9 Å². The first kappa shape index (κ1) is 25.5. The summed E-state index contributed by atoms with van der Waals surface area (Å²) in [5, 5.41) is 9.39. The van der Waals surface area contributed by atoms with Gasteiger partial charge in [0, 0.05) is 29.3 Å². The average molecular weight is 518 g/mol. The second-order valence-corrected chi connectivity index (χ2v) is 9.42. The third-order valence-corrected chi connectivity index (χ3v) is 7.06. The molecule has 0 heterocycles. The van der Waals surface area contributed by atoms with E-state index in [0.717, 1.165) is 28.8 Å². The van der Waals surface area contributed by atoms with E-state index >= 15 is 0 Å². The van der Waals surface area contributed by atoms with Gasteiger partial charge in [-0.2, -0.15) is 0 Å². The molecule has 3 rings (SSSR count). The minimum atomic E-state index is -0.366. The molecule has 1 fully saturated rings. The predicted octanol–water partition coefficient (Wildman–Crippen LogP) is 4.84. The molecule has 3 N–H and O–H groups in total. The SMILES string of the molecule is CCN(Cc1cc(C(=O)OCCN(CCO)c2ccccc2)cc(Br)c1N)C1CCCCC1. The van der Waals surface area contributed by atoms with Gasteiger partial charge >= 0.3 is 5.97 Å². The Labute approximate surface area is 205 Å². The summed E-state index contributed by atoms with van der Waals surface area (Å²) >= 11 is 3.53. The number of hydrogen-bond acceptors (Lipinski definition) is 6. The minimum absolute atomic E-state index is 0.0338. The topological polar surface area (TPSA) is 79.0 Å². The maximum Gasteiger partial charge on any atom is 0.338 e. The van der Waals surface area contributed by atoms with E-state index in [0.29, 0.717) is 30.4 Å². The van der Waals surface area contributed by atoms with Crippen LogP contribution in [0.4, 0.5) is 11.4 Å². The molecule has 180 valence electrons. The quantitative estimate of drug-likeness (QED) is 0.328. The Hall–Kier alpha value is -2.09. The van der Waals surface area contributed by atoms with Gasteiger partial charge in [0.15, 0.2) is 0 Å². The molecule has 0 bridgehead atoms. The van der Waals surface area contributed by atoms with Gasteiger partial charge in [-0.05, 0) is 65.1 Å². The summed E-state index contributed by atoms with van der Waals surface area (Å²) in [5.41, 5.74) is 9.49. The summed E-state index contributed by atoms with van der Waals surface area (Å²) in [7, 11) is 0. The molecule has 6 nitrogen and oxygen atoms in total. The van der Waals surface area contributed by atoms with Gasteiger partial charge in [-0.25, -0.2) is 4.79 Å². The van der Waals surface area contributed by atoms with Crippen LogP contribution in [0.3, 0.4) is 0 Å². The number of esters is 1. The van der Waals surface area contributed by atoms with E-state index in [2.05, 4.69) is 27.8 Å². The number of halogens is 1. The summed E-state index contributed by atoms with van der Waals surface area (Å²) in [4.78, 5) is 17.3. The van der Waals surface area contributed by atoms with E-state index in [4.69, 9.17) is 10.5 Å². The van der Waals surface area contributed by atoms with E-state index in [-0.39, 0.29) is 19.2 Å². The van der Waals surface area contributed by atoms with Gasteiger partial charge in [-0.15, -0.1) is 0 Å². The van der Waals surface area contributed by atoms with E-state index in [9.17, 15) is 9.90 Å². The van der Waals surface area contributed by atoms with E-state index in [1.165, 1.54) is 32.1 Å². The summed E-state index contributed by atoms with van der Waals surface area (Å²) in [6, 6.07) is 14.0. The first-order valence-electron chi connectivity index (χ1n) is 11.9. The number of hydrogen-bond donors (Lipinski definition) is 2. The summed E-state index contributed by atoms with van der Waals surface area (Å²) in [5.74, 6) is -0.366. The Balaban J connectivity index is 1.64. The van der Waals surface area contributed by atoms with Crippen LogP contribution in [0.5, 0.6) is 0 Å². The number of rotatable bonds is 11. The lowest BCUT2D eigenvalue weighted by Gasteiger charge is -2.34. The number of benzene rings is 2. The van der Waals surface area contributed by atoms with Gasteiger partial charge in [-0.3, -0.25) is 4.90 Å². The number of aliphatic hydroxyl groups is 1. The minimum Gasteiger partial charge on any atom is -0.460 e. The molecule has 2 aromatic carbocycles. The molecule has 33 heavy (non-hydrogen) atoms. The zero-order valence-electron chi connectivity index (χ0n) is 19.5. The second kappa shape index (κ2) is 13.0. The highest BCUT2D eigenvalue weighted by Gasteiger charge is 2.22. The van der Waals surface area contributed by atoms with Crippen molar-refractivity contribution < 1.29 is 14.6 Å². The largest absolute Gasteiger partial charge is 0.460 e.